The van der Waals surface area contributed by atoms with Gasteiger partial charge in [-0.15, -0.1) is 0 Å². The lowest BCUT2D eigenvalue weighted by Crippen LogP contribution is -2.18. The molecule has 0 aliphatic heterocycles. The molecule has 1 aromatic carbocycles. The molecule has 9 heteroatoms. The van der Waals surface area contributed by atoms with E-state index in [4.69, 9.17) is 0 Å². The van der Waals surface area contributed by atoms with Crippen molar-refractivity contribution >= 4 is 33.1 Å². The van der Waals surface area contributed by atoms with Gasteiger partial charge in [0, 0.05) is 30.9 Å². The molecule has 0 unspecified atom stereocenters. The van der Waals surface area contributed by atoms with Gasteiger partial charge in [-0.25, -0.2) is 0 Å². The Morgan fingerprint density at radius 2 is 2.16 bits per heavy atom. The summed E-state index contributed by atoms with van der Waals surface area (Å²) in [4.78, 5) is 27.9. The van der Waals surface area contributed by atoms with E-state index in [9.17, 15) is 14.9 Å². The van der Waals surface area contributed by atoms with Gasteiger partial charge in [0.1, 0.15) is 5.69 Å². The van der Waals surface area contributed by atoms with E-state index < -0.39 is 4.92 Å². The first-order valence-corrected chi connectivity index (χ1v) is 8.64. The zero-order chi connectivity index (χ0) is 18.1. The van der Waals surface area contributed by atoms with Gasteiger partial charge in [0.25, 0.3) is 11.6 Å². The number of aryl methyl sites for hydroxylation is 1. The largest absolute Gasteiger partial charge is 0.317 e. The molecule has 0 N–H and O–H groups in total. The van der Waals surface area contributed by atoms with Crippen LogP contribution in [-0.4, -0.2) is 25.2 Å². The van der Waals surface area contributed by atoms with Gasteiger partial charge in [0.15, 0.2) is 4.80 Å². The number of nitro benzene ring substituents is 1. The third-order valence-electron chi connectivity index (χ3n) is 3.77. The van der Waals surface area contributed by atoms with Crippen molar-refractivity contribution in [2.75, 3.05) is 0 Å². The lowest BCUT2D eigenvalue weighted by atomic mass is 10.3. The Kier molecular flexibility index (Phi) is 4.49. The number of aromatic nitrogens is 3. The maximum atomic E-state index is 12.6. The molecular weight excluding hydrogens is 342 g/mol. The Bertz CT molecular complexity index is 1030. The van der Waals surface area contributed by atoms with Crippen LogP contribution in [0.1, 0.15) is 37.3 Å². The number of hydrogen-bond donors (Lipinski definition) is 0. The van der Waals surface area contributed by atoms with Gasteiger partial charge in [-0.05, 0) is 32.9 Å². The maximum absolute atomic E-state index is 12.6. The summed E-state index contributed by atoms with van der Waals surface area (Å²) in [7, 11) is 0. The van der Waals surface area contributed by atoms with E-state index >= 15 is 0 Å². The van der Waals surface area contributed by atoms with Crippen molar-refractivity contribution < 1.29 is 9.72 Å². The van der Waals surface area contributed by atoms with Gasteiger partial charge >= 0.3 is 0 Å². The highest BCUT2D eigenvalue weighted by Crippen LogP contribution is 2.23. The number of carbonyl (C=O) groups is 1. The Morgan fingerprint density at radius 3 is 2.80 bits per heavy atom. The second kappa shape index (κ2) is 6.60. The van der Waals surface area contributed by atoms with Gasteiger partial charge < -0.3 is 4.57 Å². The van der Waals surface area contributed by atoms with Crippen molar-refractivity contribution in [3.05, 3.63) is 51.1 Å². The highest BCUT2D eigenvalue weighted by atomic mass is 32.1. The highest BCUT2D eigenvalue weighted by molar-refractivity contribution is 7.16. The normalized spacial score (nSPS) is 12.2. The number of carbonyl (C=O) groups excluding carboxylic acids is 1. The molecule has 3 aromatic rings. The summed E-state index contributed by atoms with van der Waals surface area (Å²) in [5.41, 5.74) is 1.26. The standard InChI is InChI=1S/C16H17N5O3S/c1-4-19-12-6-5-11(21(23)24)9-14(12)25-16(19)18-15(22)13-7-8-17-20(13)10(2)3/h5-10H,4H2,1-3H3. The minimum Gasteiger partial charge on any atom is -0.317 e. The number of nitrogens with zero attached hydrogens (tertiary/aromatic N) is 5. The molecule has 0 atom stereocenters. The third-order valence-corrected chi connectivity index (χ3v) is 4.81. The molecule has 2 heterocycles. The van der Waals surface area contributed by atoms with Gasteiger partial charge in [0.2, 0.25) is 0 Å². The molecule has 0 spiro atoms. The first-order chi connectivity index (χ1) is 11.9. The van der Waals surface area contributed by atoms with Gasteiger partial charge in [-0.3, -0.25) is 19.6 Å². The summed E-state index contributed by atoms with van der Waals surface area (Å²) in [6, 6.07) is 6.34. The first kappa shape index (κ1) is 17.0. The summed E-state index contributed by atoms with van der Waals surface area (Å²) >= 11 is 1.26. The summed E-state index contributed by atoms with van der Waals surface area (Å²) < 4.78 is 4.22. The fourth-order valence-corrected chi connectivity index (χ4v) is 3.73. The molecule has 25 heavy (non-hydrogen) atoms. The van der Waals surface area contributed by atoms with Crippen LogP contribution in [-0.2, 0) is 6.54 Å². The molecule has 130 valence electrons. The Morgan fingerprint density at radius 1 is 1.40 bits per heavy atom. The first-order valence-electron chi connectivity index (χ1n) is 7.82. The average Bonchev–Trinajstić information content (AvgIpc) is 3.18. The molecule has 0 radical (unpaired) electrons. The topological polar surface area (TPSA) is 95.3 Å². The molecule has 2 aromatic heterocycles. The number of nitro groups is 1. The highest BCUT2D eigenvalue weighted by Gasteiger charge is 2.15. The quantitative estimate of drug-likeness (QED) is 0.528. The zero-order valence-electron chi connectivity index (χ0n) is 14.0. The van der Waals surface area contributed by atoms with Crippen LogP contribution in [0.15, 0.2) is 35.5 Å². The lowest BCUT2D eigenvalue weighted by Gasteiger charge is -2.07. The van der Waals surface area contributed by atoms with Crippen LogP contribution < -0.4 is 4.80 Å². The molecule has 0 saturated heterocycles. The van der Waals surface area contributed by atoms with Crippen molar-refractivity contribution in [2.45, 2.75) is 33.4 Å². The number of thiazole rings is 1. The van der Waals surface area contributed by atoms with E-state index in [0.717, 1.165) is 10.2 Å². The van der Waals surface area contributed by atoms with Crippen molar-refractivity contribution in [3.8, 4) is 0 Å². The maximum Gasteiger partial charge on any atom is 0.297 e. The van der Waals surface area contributed by atoms with Gasteiger partial charge in [-0.2, -0.15) is 10.1 Å². The smallest absolute Gasteiger partial charge is 0.297 e. The monoisotopic (exact) mass is 359 g/mol. The molecular formula is C16H17N5O3S. The van der Waals surface area contributed by atoms with E-state index in [1.165, 1.54) is 23.5 Å². The Labute approximate surface area is 147 Å². The predicted molar refractivity (Wildman–Crippen MR) is 94.6 cm³/mol. The number of amides is 1. The van der Waals surface area contributed by atoms with Crippen molar-refractivity contribution in [1.29, 1.82) is 0 Å². The van der Waals surface area contributed by atoms with Crippen LogP contribution >= 0.6 is 11.3 Å². The number of benzene rings is 1. The molecule has 0 bridgehead atoms. The van der Waals surface area contributed by atoms with E-state index in [1.807, 2.05) is 25.3 Å². The van der Waals surface area contributed by atoms with Gasteiger partial charge in [-0.1, -0.05) is 11.3 Å². The third kappa shape index (κ3) is 3.10. The van der Waals surface area contributed by atoms with E-state index in [0.29, 0.717) is 17.0 Å². The van der Waals surface area contributed by atoms with E-state index in [2.05, 4.69) is 10.1 Å². The van der Waals surface area contributed by atoms with Crippen LogP contribution in [0.4, 0.5) is 5.69 Å². The molecule has 0 fully saturated rings. The molecule has 0 saturated carbocycles. The molecule has 8 nitrogen and oxygen atoms in total. The second-order valence-corrected chi connectivity index (χ2v) is 6.72. The fourth-order valence-electron chi connectivity index (χ4n) is 2.61. The van der Waals surface area contributed by atoms with Crippen LogP contribution in [0.2, 0.25) is 0 Å². The molecule has 3 rings (SSSR count). The molecule has 1 amide bonds. The predicted octanol–water partition coefficient (Wildman–Crippen LogP) is 3.15. The zero-order valence-corrected chi connectivity index (χ0v) is 14.9. The minimum atomic E-state index is -0.432. The van der Waals surface area contributed by atoms with E-state index in [-0.39, 0.29) is 17.6 Å². The lowest BCUT2D eigenvalue weighted by molar-refractivity contribution is -0.384. The van der Waals surface area contributed by atoms with Gasteiger partial charge in [0.05, 0.1) is 15.1 Å². The summed E-state index contributed by atoms with van der Waals surface area (Å²) in [6.07, 6.45) is 1.57. The number of hydrogen-bond acceptors (Lipinski definition) is 5. The number of non-ortho nitro benzene ring substituents is 1. The fraction of sp³-hybridized carbons (Fsp3) is 0.312. The van der Waals surface area contributed by atoms with Crippen LogP contribution in [0, 0.1) is 10.1 Å². The SMILES string of the molecule is CCn1c(=NC(=O)c2ccnn2C(C)C)sc2cc([N+](=O)[O-])ccc21. The van der Waals surface area contributed by atoms with Crippen LogP contribution in [0.25, 0.3) is 10.2 Å². The van der Waals surface area contributed by atoms with Crippen molar-refractivity contribution in [2.24, 2.45) is 4.99 Å². The summed E-state index contributed by atoms with van der Waals surface area (Å²) in [5.74, 6) is -0.380. The molecule has 0 aliphatic carbocycles. The van der Waals surface area contributed by atoms with Crippen molar-refractivity contribution in [1.82, 2.24) is 14.3 Å². The van der Waals surface area contributed by atoms with Crippen LogP contribution in [0.5, 0.6) is 0 Å². The number of rotatable bonds is 4. The molecule has 0 aliphatic rings. The van der Waals surface area contributed by atoms with Crippen LogP contribution in [0.3, 0.4) is 0 Å². The average molecular weight is 359 g/mol. The summed E-state index contributed by atoms with van der Waals surface area (Å²) in [5, 5.41) is 15.1. The summed E-state index contributed by atoms with van der Waals surface area (Å²) in [6.45, 7) is 6.42. The van der Waals surface area contributed by atoms with Crippen molar-refractivity contribution in [3.63, 3.8) is 0 Å². The Balaban J connectivity index is 2.13. The Hall–Kier alpha value is -2.81. The minimum absolute atomic E-state index is 0.0211. The van der Waals surface area contributed by atoms with E-state index in [1.54, 1.807) is 23.0 Å². The number of fused-ring (bicyclic) bond motifs is 1. The second-order valence-electron chi connectivity index (χ2n) is 5.71.